The van der Waals surface area contributed by atoms with Gasteiger partial charge in [0.1, 0.15) is 0 Å². The highest BCUT2D eigenvalue weighted by molar-refractivity contribution is 8.01. The summed E-state index contributed by atoms with van der Waals surface area (Å²) in [6, 6.07) is 11.2. The highest BCUT2D eigenvalue weighted by Gasteiger charge is 2.15. The minimum Gasteiger partial charge on any atom is -0.295 e. The summed E-state index contributed by atoms with van der Waals surface area (Å²) < 4.78 is 29.6. The van der Waals surface area contributed by atoms with Crippen LogP contribution >= 0.6 is 23.1 Å². The number of rotatable bonds is 6. The summed E-state index contributed by atoms with van der Waals surface area (Å²) in [5.74, 6) is -0.104. The van der Waals surface area contributed by atoms with Crippen LogP contribution in [0.5, 0.6) is 0 Å². The Kier molecular flexibility index (Phi) is 5.36. The lowest BCUT2D eigenvalue weighted by Gasteiger charge is -2.08. The van der Waals surface area contributed by atoms with Gasteiger partial charge in [0.15, 0.2) is 10.1 Å². The predicted octanol–water partition coefficient (Wildman–Crippen LogP) is 4.80. The number of nitrogens with one attached hydrogen (secondary N) is 1. The predicted molar refractivity (Wildman–Crippen MR) is 108 cm³/mol. The highest BCUT2D eigenvalue weighted by atomic mass is 32.2. The molecule has 0 saturated heterocycles. The van der Waals surface area contributed by atoms with Gasteiger partial charge in [-0.25, -0.2) is 13.4 Å². The number of anilines is 1. The Balaban J connectivity index is 1.85. The van der Waals surface area contributed by atoms with Gasteiger partial charge in [0, 0.05) is 10.8 Å². The van der Waals surface area contributed by atoms with Crippen LogP contribution in [-0.2, 0) is 10.0 Å². The van der Waals surface area contributed by atoms with Crippen molar-refractivity contribution >= 4 is 54.8 Å². The minimum atomic E-state index is -3.72. The van der Waals surface area contributed by atoms with Crippen LogP contribution in [-0.4, -0.2) is 24.4 Å². The van der Waals surface area contributed by atoms with E-state index in [0.717, 1.165) is 14.6 Å². The lowest BCUT2D eigenvalue weighted by atomic mass is 10.2. The van der Waals surface area contributed by atoms with Crippen molar-refractivity contribution in [2.24, 2.45) is 0 Å². The third-order valence-corrected chi connectivity index (χ3v) is 7.04. The topological polar surface area (TPSA) is 76.1 Å². The molecular weight excluding hydrogens is 388 g/mol. The molecule has 1 heterocycles. The van der Waals surface area contributed by atoms with Crippen LogP contribution in [0.4, 0.5) is 5.69 Å². The molecule has 0 spiro atoms. The van der Waals surface area contributed by atoms with E-state index in [1.807, 2.05) is 6.07 Å². The monoisotopic (exact) mass is 406 g/mol. The van der Waals surface area contributed by atoms with Gasteiger partial charge in [-0.2, -0.15) is 0 Å². The molecule has 0 radical (unpaired) electrons. The van der Waals surface area contributed by atoms with Gasteiger partial charge >= 0.3 is 0 Å². The molecule has 0 aliphatic carbocycles. The summed E-state index contributed by atoms with van der Waals surface area (Å²) in [6.45, 7) is 5.65. The van der Waals surface area contributed by atoms with Crippen LogP contribution in [0.3, 0.4) is 0 Å². The van der Waals surface area contributed by atoms with Crippen molar-refractivity contribution in [2.75, 3.05) is 4.72 Å². The van der Waals surface area contributed by atoms with Crippen molar-refractivity contribution in [2.45, 2.75) is 35.3 Å². The van der Waals surface area contributed by atoms with Crippen LogP contribution in [0.2, 0.25) is 0 Å². The quantitative estimate of drug-likeness (QED) is 0.470. The van der Waals surface area contributed by atoms with Crippen molar-refractivity contribution < 1.29 is 13.2 Å². The molecule has 1 N–H and O–H groups in total. The number of thioether (sulfide) groups is 1. The molecule has 0 aliphatic heterocycles. The number of carbonyl (C=O) groups is 1. The molecule has 136 valence electrons. The maximum absolute atomic E-state index is 12.6. The van der Waals surface area contributed by atoms with Crippen molar-refractivity contribution in [3.63, 3.8) is 0 Å². The maximum Gasteiger partial charge on any atom is 0.261 e. The van der Waals surface area contributed by atoms with Gasteiger partial charge in [-0.15, -0.1) is 11.3 Å². The first-order valence-corrected chi connectivity index (χ1v) is 11.1. The zero-order chi connectivity index (χ0) is 18.9. The average Bonchev–Trinajstić information content (AvgIpc) is 2.95. The largest absolute Gasteiger partial charge is 0.295 e. The van der Waals surface area contributed by atoms with Crippen molar-refractivity contribution in [3.8, 4) is 0 Å². The highest BCUT2D eigenvalue weighted by Crippen LogP contribution is 2.33. The summed E-state index contributed by atoms with van der Waals surface area (Å²) >= 11 is 3.23. The first-order chi connectivity index (χ1) is 12.2. The SMILES string of the molecule is CC(=O)c1ccc(S(=O)(=O)Nc2ccc3nc(SC(C)C)sc3c2)cc1. The third-order valence-electron chi connectivity index (χ3n) is 3.53. The number of benzene rings is 2. The van der Waals surface area contributed by atoms with Gasteiger partial charge in [-0.05, 0) is 37.3 Å². The van der Waals surface area contributed by atoms with Crippen LogP contribution in [0, 0.1) is 0 Å². The second-order valence-corrected chi connectivity index (χ2v) is 10.6. The van der Waals surface area contributed by atoms with E-state index in [-0.39, 0.29) is 10.7 Å². The van der Waals surface area contributed by atoms with E-state index in [1.54, 1.807) is 35.2 Å². The number of thiazole rings is 1. The molecule has 0 fully saturated rings. The molecule has 0 saturated carbocycles. The molecule has 0 unspecified atom stereocenters. The Bertz CT molecular complexity index is 1050. The van der Waals surface area contributed by atoms with E-state index in [4.69, 9.17) is 0 Å². The van der Waals surface area contributed by atoms with Gasteiger partial charge in [0.25, 0.3) is 10.0 Å². The standard InChI is InChI=1S/C18H18N2O3S3/c1-11(2)24-18-19-16-9-6-14(10-17(16)25-18)20-26(22,23)15-7-4-13(5-8-15)12(3)21/h4-11,20H,1-3H3. The van der Waals surface area contributed by atoms with E-state index < -0.39 is 10.0 Å². The number of ketones is 1. The average molecular weight is 407 g/mol. The molecule has 2 aromatic carbocycles. The number of nitrogens with zero attached hydrogens (tertiary/aromatic N) is 1. The Labute approximate surface area is 160 Å². The summed E-state index contributed by atoms with van der Waals surface area (Å²) in [6.07, 6.45) is 0. The van der Waals surface area contributed by atoms with Crippen LogP contribution in [0.15, 0.2) is 51.7 Å². The Morgan fingerprint density at radius 3 is 2.46 bits per heavy atom. The van der Waals surface area contributed by atoms with Crippen LogP contribution in [0.25, 0.3) is 10.2 Å². The Morgan fingerprint density at radius 1 is 1.15 bits per heavy atom. The molecule has 0 atom stereocenters. The fourth-order valence-electron chi connectivity index (χ4n) is 2.30. The number of aromatic nitrogens is 1. The number of sulfonamides is 1. The summed E-state index contributed by atoms with van der Waals surface area (Å²) in [7, 11) is -3.72. The van der Waals surface area contributed by atoms with Crippen molar-refractivity contribution in [1.82, 2.24) is 4.98 Å². The molecule has 26 heavy (non-hydrogen) atoms. The summed E-state index contributed by atoms with van der Waals surface area (Å²) in [5.41, 5.74) is 1.81. The summed E-state index contributed by atoms with van der Waals surface area (Å²) in [4.78, 5) is 16.0. The molecule has 8 heteroatoms. The molecular formula is C18H18N2O3S3. The fraction of sp³-hybridized carbons (Fsp3) is 0.222. The number of hydrogen-bond acceptors (Lipinski definition) is 6. The Morgan fingerprint density at radius 2 is 1.85 bits per heavy atom. The van der Waals surface area contributed by atoms with E-state index in [1.165, 1.54) is 31.2 Å². The van der Waals surface area contributed by atoms with Crippen molar-refractivity contribution in [1.29, 1.82) is 0 Å². The molecule has 0 amide bonds. The number of fused-ring (bicyclic) bond motifs is 1. The zero-order valence-corrected chi connectivity index (χ0v) is 17.0. The second-order valence-electron chi connectivity index (χ2n) is 6.01. The fourth-order valence-corrected chi connectivity index (χ4v) is 5.68. The third kappa shape index (κ3) is 4.25. The van der Waals surface area contributed by atoms with Crippen molar-refractivity contribution in [3.05, 3.63) is 48.0 Å². The molecule has 1 aromatic heterocycles. The van der Waals surface area contributed by atoms with Crippen LogP contribution in [0.1, 0.15) is 31.1 Å². The van der Waals surface area contributed by atoms with Gasteiger partial charge in [0.2, 0.25) is 0 Å². The number of Topliss-reactive ketones (excluding diaryl/α,β-unsaturated/α-hetero) is 1. The van der Waals surface area contributed by atoms with Crippen LogP contribution < -0.4 is 4.72 Å². The lowest BCUT2D eigenvalue weighted by Crippen LogP contribution is -2.13. The normalized spacial score (nSPS) is 11.8. The van der Waals surface area contributed by atoms with E-state index in [9.17, 15) is 13.2 Å². The van der Waals surface area contributed by atoms with E-state index in [0.29, 0.717) is 16.5 Å². The maximum atomic E-state index is 12.6. The van der Waals surface area contributed by atoms with Gasteiger partial charge in [0.05, 0.1) is 20.8 Å². The second kappa shape index (κ2) is 7.38. The summed E-state index contributed by atoms with van der Waals surface area (Å²) in [5, 5.41) is 0.437. The van der Waals surface area contributed by atoms with E-state index >= 15 is 0 Å². The Hall–Kier alpha value is -1.90. The smallest absolute Gasteiger partial charge is 0.261 e. The molecule has 0 aliphatic rings. The molecule has 0 bridgehead atoms. The minimum absolute atomic E-state index is 0.104. The number of carbonyl (C=O) groups excluding carboxylic acids is 1. The zero-order valence-electron chi connectivity index (χ0n) is 14.5. The first kappa shape index (κ1) is 18.9. The van der Waals surface area contributed by atoms with Gasteiger partial charge in [-0.3, -0.25) is 9.52 Å². The van der Waals surface area contributed by atoms with Gasteiger partial charge in [-0.1, -0.05) is 37.7 Å². The van der Waals surface area contributed by atoms with E-state index in [2.05, 4.69) is 23.6 Å². The number of hydrogen-bond donors (Lipinski definition) is 1. The molecule has 3 rings (SSSR count). The molecule has 3 aromatic rings. The first-order valence-electron chi connectivity index (χ1n) is 7.96. The lowest BCUT2D eigenvalue weighted by molar-refractivity contribution is 0.101. The van der Waals surface area contributed by atoms with Gasteiger partial charge < -0.3 is 0 Å². The molecule has 5 nitrogen and oxygen atoms in total.